The lowest BCUT2D eigenvalue weighted by atomic mass is 9.92. The van der Waals surface area contributed by atoms with Crippen LogP contribution in [0.1, 0.15) is 46.0 Å². The second-order valence-electron chi connectivity index (χ2n) is 6.08. The van der Waals surface area contributed by atoms with E-state index in [-0.39, 0.29) is 24.3 Å². The summed E-state index contributed by atoms with van der Waals surface area (Å²) in [5.74, 6) is 0.333. The van der Waals surface area contributed by atoms with E-state index in [9.17, 15) is 9.90 Å². The molecule has 2 aliphatic heterocycles. The van der Waals surface area contributed by atoms with Gasteiger partial charge in [-0.25, -0.2) is 4.79 Å². The fourth-order valence-corrected chi connectivity index (χ4v) is 3.21. The van der Waals surface area contributed by atoms with E-state index in [1.807, 2.05) is 11.8 Å². The predicted octanol–water partition coefficient (Wildman–Crippen LogP) is 1.75. The van der Waals surface area contributed by atoms with Gasteiger partial charge in [-0.05, 0) is 44.9 Å². The van der Waals surface area contributed by atoms with Crippen molar-refractivity contribution < 1.29 is 14.6 Å². The van der Waals surface area contributed by atoms with Crippen molar-refractivity contribution in [3.05, 3.63) is 0 Å². The molecule has 2 saturated heterocycles. The van der Waals surface area contributed by atoms with Crippen LogP contribution in [-0.2, 0) is 4.74 Å². The number of amides is 2. The third-order valence-electron chi connectivity index (χ3n) is 4.67. The largest absolute Gasteiger partial charge is 0.393 e. The maximum atomic E-state index is 12.3. The number of urea groups is 1. The van der Waals surface area contributed by atoms with Crippen LogP contribution in [0.2, 0.25) is 0 Å². The Bertz CT molecular complexity index is 308. The van der Waals surface area contributed by atoms with Gasteiger partial charge < -0.3 is 20.1 Å². The summed E-state index contributed by atoms with van der Waals surface area (Å²) in [6.45, 7) is 6.22. The van der Waals surface area contributed by atoms with E-state index in [1.54, 1.807) is 0 Å². The molecule has 0 aliphatic carbocycles. The summed E-state index contributed by atoms with van der Waals surface area (Å²) in [6, 6.07) is 0.149. The molecule has 2 rings (SSSR count). The van der Waals surface area contributed by atoms with Crippen molar-refractivity contribution >= 4 is 6.03 Å². The van der Waals surface area contributed by atoms with Gasteiger partial charge in [-0.15, -0.1) is 0 Å². The SMILES string of the molecule is CCC(NC(=O)N1CCC(C(C)O)CC1)C1CCCO1. The predicted molar refractivity (Wildman–Crippen MR) is 77.6 cm³/mol. The van der Waals surface area contributed by atoms with Crippen LogP contribution in [0, 0.1) is 5.92 Å². The first-order valence-corrected chi connectivity index (χ1v) is 7.97. The summed E-state index contributed by atoms with van der Waals surface area (Å²) >= 11 is 0. The highest BCUT2D eigenvalue weighted by Gasteiger charge is 2.29. The van der Waals surface area contributed by atoms with E-state index >= 15 is 0 Å². The fourth-order valence-electron chi connectivity index (χ4n) is 3.21. The lowest BCUT2D eigenvalue weighted by Crippen LogP contribution is -2.51. The smallest absolute Gasteiger partial charge is 0.317 e. The van der Waals surface area contributed by atoms with Gasteiger partial charge in [0.15, 0.2) is 0 Å². The summed E-state index contributed by atoms with van der Waals surface area (Å²) in [7, 11) is 0. The monoisotopic (exact) mass is 284 g/mol. The molecule has 116 valence electrons. The third-order valence-corrected chi connectivity index (χ3v) is 4.67. The summed E-state index contributed by atoms with van der Waals surface area (Å²) < 4.78 is 5.68. The van der Waals surface area contributed by atoms with E-state index in [4.69, 9.17) is 4.74 Å². The minimum absolute atomic E-state index is 0.0244. The molecular formula is C15H28N2O3. The molecule has 3 unspecified atom stereocenters. The van der Waals surface area contributed by atoms with Crippen molar-refractivity contribution in [3.8, 4) is 0 Å². The van der Waals surface area contributed by atoms with Gasteiger partial charge in [-0.3, -0.25) is 0 Å². The standard InChI is InChI=1S/C15H28N2O3/c1-3-13(14-5-4-10-20-14)16-15(19)17-8-6-12(7-9-17)11(2)18/h11-14,18H,3-10H2,1-2H3,(H,16,19). The number of piperidine rings is 1. The molecule has 2 N–H and O–H groups in total. The van der Waals surface area contributed by atoms with Crippen molar-refractivity contribution in [2.24, 2.45) is 5.92 Å². The minimum atomic E-state index is -0.268. The topological polar surface area (TPSA) is 61.8 Å². The summed E-state index contributed by atoms with van der Waals surface area (Å²) in [6.07, 6.45) is 4.73. The Balaban J connectivity index is 1.79. The Kier molecular flexibility index (Phi) is 5.66. The van der Waals surface area contributed by atoms with E-state index in [1.165, 1.54) is 0 Å². The molecule has 0 aromatic heterocycles. The number of nitrogens with one attached hydrogen (secondary N) is 1. The van der Waals surface area contributed by atoms with Crippen molar-refractivity contribution in [2.45, 2.75) is 64.2 Å². The average Bonchev–Trinajstić information content (AvgIpc) is 2.98. The van der Waals surface area contributed by atoms with Gasteiger partial charge in [-0.1, -0.05) is 6.92 Å². The first kappa shape index (κ1) is 15.6. The van der Waals surface area contributed by atoms with Gasteiger partial charge in [0, 0.05) is 19.7 Å². The van der Waals surface area contributed by atoms with Crippen LogP contribution < -0.4 is 5.32 Å². The Hall–Kier alpha value is -0.810. The molecule has 2 fully saturated rings. The molecule has 0 bridgehead atoms. The molecule has 2 aliphatic rings. The lowest BCUT2D eigenvalue weighted by molar-refractivity contribution is 0.0669. The number of likely N-dealkylation sites (tertiary alicyclic amines) is 1. The highest BCUT2D eigenvalue weighted by atomic mass is 16.5. The van der Waals surface area contributed by atoms with Crippen LogP contribution in [0.4, 0.5) is 4.79 Å². The molecule has 0 aromatic carbocycles. The van der Waals surface area contributed by atoms with Gasteiger partial charge in [0.2, 0.25) is 0 Å². The van der Waals surface area contributed by atoms with Crippen molar-refractivity contribution in [1.82, 2.24) is 10.2 Å². The van der Waals surface area contributed by atoms with Gasteiger partial charge in [0.05, 0.1) is 18.2 Å². The number of nitrogens with zero attached hydrogens (tertiary/aromatic N) is 1. The number of ether oxygens (including phenoxy) is 1. The van der Waals surface area contributed by atoms with E-state index in [2.05, 4.69) is 12.2 Å². The van der Waals surface area contributed by atoms with Crippen LogP contribution >= 0.6 is 0 Å². The number of hydrogen-bond donors (Lipinski definition) is 2. The Labute approximate surface area is 121 Å². The Morgan fingerprint density at radius 1 is 1.40 bits per heavy atom. The van der Waals surface area contributed by atoms with Crippen LogP contribution in [0.25, 0.3) is 0 Å². The summed E-state index contributed by atoms with van der Waals surface area (Å²) in [4.78, 5) is 14.2. The van der Waals surface area contributed by atoms with Gasteiger partial charge >= 0.3 is 6.03 Å². The third kappa shape index (κ3) is 3.85. The van der Waals surface area contributed by atoms with Crippen LogP contribution in [0.5, 0.6) is 0 Å². The van der Waals surface area contributed by atoms with Crippen molar-refractivity contribution in [1.29, 1.82) is 0 Å². The first-order chi connectivity index (χ1) is 9.61. The molecule has 0 spiro atoms. The molecule has 0 aromatic rings. The Morgan fingerprint density at radius 3 is 2.60 bits per heavy atom. The second-order valence-corrected chi connectivity index (χ2v) is 6.08. The zero-order chi connectivity index (χ0) is 14.5. The molecule has 5 heteroatoms. The van der Waals surface area contributed by atoms with E-state index in [0.717, 1.165) is 51.8 Å². The quantitative estimate of drug-likeness (QED) is 0.826. The molecule has 2 amide bonds. The van der Waals surface area contributed by atoms with Gasteiger partial charge in [0.1, 0.15) is 0 Å². The molecule has 5 nitrogen and oxygen atoms in total. The molecule has 2 heterocycles. The summed E-state index contributed by atoms with van der Waals surface area (Å²) in [5.41, 5.74) is 0. The number of carbonyl (C=O) groups is 1. The fraction of sp³-hybridized carbons (Fsp3) is 0.933. The first-order valence-electron chi connectivity index (χ1n) is 7.97. The zero-order valence-electron chi connectivity index (χ0n) is 12.7. The number of hydrogen-bond acceptors (Lipinski definition) is 3. The molecule has 0 radical (unpaired) electrons. The maximum absolute atomic E-state index is 12.3. The van der Waals surface area contributed by atoms with Crippen LogP contribution in [0.3, 0.4) is 0 Å². The second kappa shape index (κ2) is 7.27. The lowest BCUT2D eigenvalue weighted by Gasteiger charge is -2.35. The normalized spacial score (nSPS) is 27.4. The minimum Gasteiger partial charge on any atom is -0.393 e. The zero-order valence-corrected chi connectivity index (χ0v) is 12.7. The van der Waals surface area contributed by atoms with Crippen LogP contribution in [-0.4, -0.2) is 54.0 Å². The van der Waals surface area contributed by atoms with Crippen LogP contribution in [0.15, 0.2) is 0 Å². The highest BCUT2D eigenvalue weighted by Crippen LogP contribution is 2.21. The highest BCUT2D eigenvalue weighted by molar-refractivity contribution is 5.74. The summed E-state index contributed by atoms with van der Waals surface area (Å²) in [5, 5.41) is 12.7. The van der Waals surface area contributed by atoms with Gasteiger partial charge in [-0.2, -0.15) is 0 Å². The number of carbonyl (C=O) groups excluding carboxylic acids is 1. The number of rotatable bonds is 4. The molecule has 0 saturated carbocycles. The van der Waals surface area contributed by atoms with Crippen molar-refractivity contribution in [2.75, 3.05) is 19.7 Å². The Morgan fingerprint density at radius 2 is 2.10 bits per heavy atom. The van der Waals surface area contributed by atoms with E-state index in [0.29, 0.717) is 5.92 Å². The average molecular weight is 284 g/mol. The maximum Gasteiger partial charge on any atom is 0.317 e. The molecule has 3 atom stereocenters. The molecule has 20 heavy (non-hydrogen) atoms. The molecular weight excluding hydrogens is 256 g/mol. The number of aliphatic hydroxyl groups is 1. The number of aliphatic hydroxyl groups excluding tert-OH is 1. The van der Waals surface area contributed by atoms with Gasteiger partial charge in [0.25, 0.3) is 0 Å². The van der Waals surface area contributed by atoms with Crippen molar-refractivity contribution in [3.63, 3.8) is 0 Å². The van der Waals surface area contributed by atoms with E-state index < -0.39 is 0 Å².